The van der Waals surface area contributed by atoms with Gasteiger partial charge in [0.1, 0.15) is 11.4 Å². The molecule has 0 aromatic heterocycles. The van der Waals surface area contributed by atoms with Crippen LogP contribution in [0.25, 0.3) is 0 Å². The van der Waals surface area contributed by atoms with Gasteiger partial charge >= 0.3 is 0 Å². The maximum Gasteiger partial charge on any atom is 0.205 e. The standard InChI is InChI=1S/C6H6NO2/c7-6-4(8)2-1-3-5(6)9/h1-3,8H,7H2. The first-order valence-corrected chi connectivity index (χ1v) is 2.46. The molecule has 0 bridgehead atoms. The second-order valence-corrected chi connectivity index (χ2v) is 1.69. The minimum Gasteiger partial charge on any atom is -0.506 e. The number of aromatic hydroxyl groups is 1. The van der Waals surface area contributed by atoms with Crippen molar-refractivity contribution < 1.29 is 10.2 Å². The summed E-state index contributed by atoms with van der Waals surface area (Å²) in [7, 11) is 0. The molecule has 0 amide bonds. The van der Waals surface area contributed by atoms with E-state index in [4.69, 9.17) is 10.8 Å². The quantitative estimate of drug-likeness (QED) is 0.402. The molecule has 1 rings (SSSR count). The van der Waals surface area contributed by atoms with E-state index in [-0.39, 0.29) is 17.2 Å². The SMILES string of the molecule is Nc1c([O])cccc1O. The lowest BCUT2D eigenvalue weighted by molar-refractivity contribution is 0.354. The number of phenols is 1. The van der Waals surface area contributed by atoms with Gasteiger partial charge in [-0.15, -0.1) is 0 Å². The highest BCUT2D eigenvalue weighted by molar-refractivity contribution is 5.60. The molecule has 0 heterocycles. The number of benzene rings is 1. The largest absolute Gasteiger partial charge is 0.506 e. The molecule has 1 aromatic rings. The minimum absolute atomic E-state index is 0.0856. The summed E-state index contributed by atoms with van der Waals surface area (Å²) in [6.07, 6.45) is 0. The van der Waals surface area contributed by atoms with Gasteiger partial charge in [0.15, 0.2) is 0 Å². The number of nitrogens with two attached hydrogens (primary N) is 1. The van der Waals surface area contributed by atoms with Gasteiger partial charge in [0.05, 0.1) is 0 Å². The second kappa shape index (κ2) is 1.85. The lowest BCUT2D eigenvalue weighted by atomic mass is 10.3. The molecular formula is C6H6NO2. The molecule has 0 fully saturated rings. The number of hydrogen-bond donors (Lipinski definition) is 2. The fraction of sp³-hybridized carbons (Fsp3) is 0. The summed E-state index contributed by atoms with van der Waals surface area (Å²) in [5.41, 5.74) is 5.03. The van der Waals surface area contributed by atoms with E-state index in [1.54, 1.807) is 0 Å². The molecule has 1 radical (unpaired) electrons. The van der Waals surface area contributed by atoms with Crippen LogP contribution in [0.3, 0.4) is 0 Å². The minimum atomic E-state index is -0.338. The highest BCUT2D eigenvalue weighted by Gasteiger charge is 2.00. The summed E-state index contributed by atoms with van der Waals surface area (Å²) in [5, 5.41) is 19.3. The van der Waals surface area contributed by atoms with Crippen LogP contribution in [0.1, 0.15) is 0 Å². The number of hydrogen-bond acceptors (Lipinski definition) is 2. The molecule has 0 atom stereocenters. The Morgan fingerprint density at radius 3 is 2.56 bits per heavy atom. The topological polar surface area (TPSA) is 66.2 Å². The molecule has 0 aliphatic rings. The van der Waals surface area contributed by atoms with Crippen molar-refractivity contribution >= 4 is 5.69 Å². The van der Waals surface area contributed by atoms with Gasteiger partial charge in [0.25, 0.3) is 0 Å². The van der Waals surface area contributed by atoms with Crippen LogP contribution in [-0.2, 0) is 5.11 Å². The molecule has 3 N–H and O–H groups in total. The molecule has 9 heavy (non-hydrogen) atoms. The molecule has 0 saturated carbocycles. The number of nitrogen functional groups attached to an aromatic ring is 1. The van der Waals surface area contributed by atoms with Gasteiger partial charge in [-0.05, 0) is 12.1 Å². The zero-order valence-electron chi connectivity index (χ0n) is 4.66. The maximum absolute atomic E-state index is 10.6. The number of phenolic OH excluding ortho intramolecular Hbond substituents is 1. The van der Waals surface area contributed by atoms with E-state index >= 15 is 0 Å². The summed E-state index contributed by atoms with van der Waals surface area (Å²) in [5.74, 6) is -0.488. The molecule has 47 valence electrons. The predicted octanol–water partition coefficient (Wildman–Crippen LogP) is 1.12. The first-order valence-electron chi connectivity index (χ1n) is 2.46. The third kappa shape index (κ3) is 0.887. The Balaban J connectivity index is 3.25. The van der Waals surface area contributed by atoms with Gasteiger partial charge in [0.2, 0.25) is 5.75 Å². The molecule has 0 saturated heterocycles. The Morgan fingerprint density at radius 2 is 2.11 bits per heavy atom. The van der Waals surface area contributed by atoms with Crippen molar-refractivity contribution in [1.29, 1.82) is 0 Å². The fourth-order valence-corrected chi connectivity index (χ4v) is 0.532. The van der Waals surface area contributed by atoms with E-state index < -0.39 is 0 Å². The number of anilines is 1. The summed E-state index contributed by atoms with van der Waals surface area (Å²) < 4.78 is 0. The highest BCUT2D eigenvalue weighted by Crippen LogP contribution is 2.28. The average molecular weight is 124 g/mol. The Kier molecular flexibility index (Phi) is 1.18. The van der Waals surface area contributed by atoms with Crippen LogP contribution in [0.15, 0.2) is 18.2 Å². The van der Waals surface area contributed by atoms with Gasteiger partial charge in [-0.1, -0.05) is 6.07 Å². The van der Waals surface area contributed by atoms with Crippen molar-refractivity contribution in [1.82, 2.24) is 0 Å². The summed E-state index contributed by atoms with van der Waals surface area (Å²) in [6, 6.07) is 4.12. The second-order valence-electron chi connectivity index (χ2n) is 1.69. The third-order valence-electron chi connectivity index (χ3n) is 1.04. The normalized spacial score (nSPS) is 9.33. The van der Waals surface area contributed by atoms with Crippen molar-refractivity contribution in [2.45, 2.75) is 0 Å². The number of para-hydroxylation sites is 1. The van der Waals surface area contributed by atoms with Crippen LogP contribution in [0.5, 0.6) is 11.5 Å². The van der Waals surface area contributed by atoms with Crippen molar-refractivity contribution in [3.63, 3.8) is 0 Å². The monoisotopic (exact) mass is 124 g/mol. The summed E-state index contributed by atoms with van der Waals surface area (Å²) in [4.78, 5) is 0. The van der Waals surface area contributed by atoms with Gasteiger partial charge in [0, 0.05) is 0 Å². The van der Waals surface area contributed by atoms with Crippen LogP contribution in [0.2, 0.25) is 0 Å². The Hall–Kier alpha value is -1.38. The Morgan fingerprint density at radius 1 is 1.44 bits per heavy atom. The van der Waals surface area contributed by atoms with Crippen LogP contribution in [-0.4, -0.2) is 5.11 Å². The zero-order valence-corrected chi connectivity index (χ0v) is 4.66. The van der Waals surface area contributed by atoms with Crippen LogP contribution < -0.4 is 5.73 Å². The van der Waals surface area contributed by atoms with Gasteiger partial charge < -0.3 is 10.8 Å². The smallest absolute Gasteiger partial charge is 0.205 e. The Labute approximate surface area is 52.4 Å². The molecule has 0 unspecified atom stereocenters. The van der Waals surface area contributed by atoms with Crippen LogP contribution in [0.4, 0.5) is 5.69 Å². The van der Waals surface area contributed by atoms with Crippen molar-refractivity contribution in [2.24, 2.45) is 0 Å². The molecule has 0 aliphatic heterocycles. The van der Waals surface area contributed by atoms with E-state index in [1.807, 2.05) is 0 Å². The summed E-state index contributed by atoms with van der Waals surface area (Å²) in [6.45, 7) is 0. The fourth-order valence-electron chi connectivity index (χ4n) is 0.532. The van der Waals surface area contributed by atoms with E-state index in [0.717, 1.165) is 0 Å². The number of rotatable bonds is 0. The molecular weight excluding hydrogens is 118 g/mol. The van der Waals surface area contributed by atoms with Crippen molar-refractivity contribution in [2.75, 3.05) is 5.73 Å². The summed E-state index contributed by atoms with van der Waals surface area (Å²) >= 11 is 0. The Bertz CT molecular complexity index is 202. The molecule has 0 spiro atoms. The third-order valence-corrected chi connectivity index (χ3v) is 1.04. The average Bonchev–Trinajstić information content (AvgIpc) is 1.83. The maximum atomic E-state index is 10.6. The molecule has 3 nitrogen and oxygen atoms in total. The molecule has 1 aromatic carbocycles. The molecule has 3 heteroatoms. The lowest BCUT2D eigenvalue weighted by Crippen LogP contribution is -1.83. The first-order chi connectivity index (χ1) is 4.22. The highest BCUT2D eigenvalue weighted by atomic mass is 16.3. The van der Waals surface area contributed by atoms with Crippen LogP contribution in [0, 0.1) is 0 Å². The van der Waals surface area contributed by atoms with E-state index in [0.29, 0.717) is 0 Å². The predicted molar refractivity (Wildman–Crippen MR) is 32.7 cm³/mol. The van der Waals surface area contributed by atoms with E-state index in [9.17, 15) is 5.11 Å². The lowest BCUT2D eigenvalue weighted by Gasteiger charge is -1.95. The van der Waals surface area contributed by atoms with E-state index in [1.165, 1.54) is 18.2 Å². The van der Waals surface area contributed by atoms with Gasteiger partial charge in [-0.2, -0.15) is 0 Å². The van der Waals surface area contributed by atoms with Crippen molar-refractivity contribution in [3.8, 4) is 11.5 Å². The molecule has 0 aliphatic carbocycles. The zero-order chi connectivity index (χ0) is 6.85. The van der Waals surface area contributed by atoms with Crippen LogP contribution >= 0.6 is 0 Å². The van der Waals surface area contributed by atoms with Gasteiger partial charge in [-0.25, -0.2) is 0 Å². The van der Waals surface area contributed by atoms with Crippen molar-refractivity contribution in [3.05, 3.63) is 18.2 Å². The van der Waals surface area contributed by atoms with E-state index in [2.05, 4.69) is 0 Å². The first kappa shape index (κ1) is 5.75. The van der Waals surface area contributed by atoms with Gasteiger partial charge in [-0.3, -0.25) is 5.11 Å².